The number of carbonyl (C=O) groups excluding carboxylic acids is 4. The van der Waals surface area contributed by atoms with Gasteiger partial charge in [0.2, 0.25) is 17.7 Å². The van der Waals surface area contributed by atoms with Crippen molar-refractivity contribution in [2.75, 3.05) is 28.5 Å². The van der Waals surface area contributed by atoms with Gasteiger partial charge in [0.15, 0.2) is 21.3 Å². The van der Waals surface area contributed by atoms with Crippen LogP contribution in [-0.4, -0.2) is 77.7 Å². The molecule has 0 saturated carbocycles. The lowest BCUT2D eigenvalue weighted by Crippen LogP contribution is -2.40. The third kappa shape index (κ3) is 11.4. The minimum absolute atomic E-state index is 0.0453. The van der Waals surface area contributed by atoms with Crippen LogP contribution in [0.5, 0.6) is 0 Å². The number of rotatable bonds is 17. The second-order valence-corrected chi connectivity index (χ2v) is 13.8. The highest BCUT2D eigenvalue weighted by atomic mass is 127. The van der Waals surface area contributed by atoms with E-state index in [1.54, 1.807) is 21.4 Å². The summed E-state index contributed by atoms with van der Waals surface area (Å²) < 4.78 is 5.75. The van der Waals surface area contributed by atoms with Gasteiger partial charge in [-0.1, -0.05) is 12.8 Å². The molecule has 0 aliphatic carbocycles. The molecule has 6 amide bonds. The molecule has 0 unspecified atom stereocenters. The van der Waals surface area contributed by atoms with E-state index in [0.717, 1.165) is 43.5 Å². The van der Waals surface area contributed by atoms with Crippen molar-refractivity contribution < 1.29 is 33.9 Å². The standard InChI is InChI=1S/C28H39IN8O7S/c38-22(8-4-3-6-21-25-20(17-45-21)33-28(43)35-25)30-13-5-1-2-7-23(39)31-14-15-32-27(42)34-24-16-37(29-36-44-24)19-11-9-18(10-12-19)26(40)41/h9-12,16,20-21,25H,1-8,13-15,17H2,(H,30,38)(H,31,39)(H,40,41)(H2,32,34,42)(H2,33,35,43)/t20-,21-,25-/m0/s1. The van der Waals surface area contributed by atoms with Crippen molar-refractivity contribution in [2.45, 2.75) is 68.7 Å². The third-order valence-electron chi connectivity index (χ3n) is 7.29. The fraction of sp³-hybridized carbons (Fsp3) is 0.536. The number of fused-ring (bicyclic) bond motifs is 1. The van der Waals surface area contributed by atoms with Crippen molar-refractivity contribution in [3.63, 3.8) is 0 Å². The summed E-state index contributed by atoms with van der Waals surface area (Å²) in [5.74, 6) is -0.00741. The molecule has 4 rings (SSSR count). The molecule has 246 valence electrons. The van der Waals surface area contributed by atoms with Crippen LogP contribution in [0, 0.1) is 0 Å². The van der Waals surface area contributed by atoms with Gasteiger partial charge in [0.25, 0.3) is 0 Å². The van der Waals surface area contributed by atoms with Crippen LogP contribution in [0.3, 0.4) is 0 Å². The van der Waals surface area contributed by atoms with Crippen LogP contribution in [0.2, 0.25) is 0 Å². The number of unbranched alkanes of at least 4 members (excludes halogenated alkanes) is 3. The number of nitrogens with zero attached hydrogens (tertiary/aromatic N) is 2. The molecule has 2 saturated heterocycles. The number of benzene rings is 1. The van der Waals surface area contributed by atoms with Gasteiger partial charge in [0, 0.05) is 43.5 Å². The normalized spacial score (nSPS) is 20.0. The Bertz CT molecular complexity index is 1280. The second-order valence-electron chi connectivity index (χ2n) is 10.7. The zero-order chi connectivity index (χ0) is 32.0. The fourth-order valence-electron chi connectivity index (χ4n) is 4.95. The average molecular weight is 759 g/mol. The van der Waals surface area contributed by atoms with Crippen molar-refractivity contribution in [3.05, 3.63) is 41.9 Å². The number of hydrogen-bond donors (Lipinski definition) is 7. The first-order chi connectivity index (χ1) is 21.8. The summed E-state index contributed by atoms with van der Waals surface area (Å²) in [4.78, 5) is 64.0. The topological polar surface area (TPSA) is 203 Å². The van der Waals surface area contributed by atoms with E-state index < -0.39 is 33.3 Å². The van der Waals surface area contributed by atoms with Crippen LogP contribution in [0.4, 0.5) is 15.3 Å². The van der Waals surface area contributed by atoms with Crippen LogP contribution in [0.25, 0.3) is 0 Å². The van der Waals surface area contributed by atoms with Gasteiger partial charge in [-0.25, -0.2) is 14.4 Å². The summed E-state index contributed by atoms with van der Waals surface area (Å²) in [6, 6.07) is 6.14. The summed E-state index contributed by atoms with van der Waals surface area (Å²) >= 11 is 0.998. The van der Waals surface area contributed by atoms with E-state index in [1.165, 1.54) is 12.1 Å². The quantitative estimate of drug-likeness (QED) is 0.0540. The maximum Gasteiger partial charge on any atom is 0.335 e. The number of thioether (sulfide) groups is 1. The fourth-order valence-corrected chi connectivity index (χ4v) is 7.94. The molecule has 3 heterocycles. The minimum atomic E-state index is -1.01. The summed E-state index contributed by atoms with van der Waals surface area (Å²) in [6.07, 6.45) is 7.54. The zero-order valence-corrected chi connectivity index (χ0v) is 27.7. The average Bonchev–Trinajstić information content (AvgIpc) is 3.58. The number of carboxylic acid groups (broad SMARTS) is 1. The number of anilines is 1. The van der Waals surface area contributed by atoms with E-state index in [9.17, 15) is 24.0 Å². The second kappa shape index (κ2) is 17.8. The van der Waals surface area contributed by atoms with Gasteiger partial charge in [-0.3, -0.25) is 18.0 Å². The molecule has 3 atom stereocenters. The highest BCUT2D eigenvalue weighted by molar-refractivity contribution is 14.2. The highest BCUT2D eigenvalue weighted by Gasteiger charge is 2.42. The van der Waals surface area contributed by atoms with Crippen molar-refractivity contribution >= 4 is 68.6 Å². The molecule has 3 aliphatic heterocycles. The lowest BCUT2D eigenvalue weighted by molar-refractivity contribution is -0.122. The predicted molar refractivity (Wildman–Crippen MR) is 176 cm³/mol. The number of nitrogens with one attached hydrogen (secondary N) is 6. The maximum atomic E-state index is 12.2. The van der Waals surface area contributed by atoms with Crippen LogP contribution in [0.1, 0.15) is 61.7 Å². The Morgan fingerprint density at radius 2 is 1.67 bits per heavy atom. The van der Waals surface area contributed by atoms with E-state index in [2.05, 4.69) is 35.2 Å². The van der Waals surface area contributed by atoms with Crippen molar-refractivity contribution in [3.8, 4) is 0 Å². The van der Waals surface area contributed by atoms with Gasteiger partial charge >= 0.3 is 18.0 Å². The van der Waals surface area contributed by atoms with Crippen LogP contribution in [-0.2, 0) is 14.4 Å². The number of carbonyl (C=O) groups is 5. The molecule has 7 N–H and O–H groups in total. The van der Waals surface area contributed by atoms with E-state index in [4.69, 9.17) is 9.94 Å². The number of hydrogen-bond acceptors (Lipinski definition) is 9. The summed E-state index contributed by atoms with van der Waals surface area (Å²) in [6.45, 7) is 1.07. The van der Waals surface area contributed by atoms with Crippen LogP contribution >= 0.6 is 33.1 Å². The molecule has 0 aromatic heterocycles. The Hall–Kier alpha value is -3.61. The molecule has 1 aromatic rings. The van der Waals surface area contributed by atoms with Gasteiger partial charge in [-0.2, -0.15) is 11.8 Å². The van der Waals surface area contributed by atoms with E-state index in [0.29, 0.717) is 31.1 Å². The molecule has 17 heteroatoms. The molecular formula is C28H39IN8O7S. The predicted octanol–water partition coefficient (Wildman–Crippen LogP) is 2.82. The Morgan fingerprint density at radius 3 is 2.42 bits per heavy atom. The van der Waals surface area contributed by atoms with E-state index in [-0.39, 0.29) is 54.5 Å². The smallest absolute Gasteiger partial charge is 0.335 e. The number of amides is 6. The van der Waals surface area contributed by atoms with Crippen molar-refractivity contribution in [1.29, 1.82) is 0 Å². The zero-order valence-electron chi connectivity index (χ0n) is 24.7. The molecule has 0 spiro atoms. The monoisotopic (exact) mass is 758 g/mol. The van der Waals surface area contributed by atoms with E-state index in [1.807, 2.05) is 11.8 Å². The lowest BCUT2D eigenvalue weighted by atomic mass is 10.0. The largest absolute Gasteiger partial charge is 0.478 e. The number of carboxylic acids is 1. The molecular weight excluding hydrogens is 719 g/mol. The Labute approximate surface area is 275 Å². The molecule has 0 bridgehead atoms. The van der Waals surface area contributed by atoms with Gasteiger partial charge in [0.1, 0.15) is 0 Å². The highest BCUT2D eigenvalue weighted by Crippen LogP contribution is 2.33. The Kier molecular flexibility index (Phi) is 13.5. The van der Waals surface area contributed by atoms with Gasteiger partial charge in [0.05, 0.1) is 29.5 Å². The molecule has 1 aromatic carbocycles. The summed E-state index contributed by atoms with van der Waals surface area (Å²) in [7, 11) is 0. The van der Waals surface area contributed by atoms with Crippen molar-refractivity contribution in [1.82, 2.24) is 31.9 Å². The van der Waals surface area contributed by atoms with Crippen LogP contribution in [0.15, 0.2) is 39.7 Å². The van der Waals surface area contributed by atoms with Gasteiger partial charge in [-0.15, -0.1) is 0 Å². The maximum absolute atomic E-state index is 12.2. The molecule has 0 radical (unpaired) electrons. The lowest BCUT2D eigenvalue weighted by Gasteiger charge is -2.19. The van der Waals surface area contributed by atoms with Crippen LogP contribution < -0.4 is 35.0 Å². The molecule has 15 nitrogen and oxygen atoms in total. The molecule has 3 aliphatic rings. The van der Waals surface area contributed by atoms with E-state index >= 15 is 0 Å². The van der Waals surface area contributed by atoms with Gasteiger partial charge in [-0.05, 0) is 53.3 Å². The molecule has 45 heavy (non-hydrogen) atoms. The summed E-state index contributed by atoms with van der Waals surface area (Å²) in [5, 5.41) is 26.3. The Morgan fingerprint density at radius 1 is 0.956 bits per heavy atom. The minimum Gasteiger partial charge on any atom is -0.478 e. The summed E-state index contributed by atoms with van der Waals surface area (Å²) in [5.41, 5.74) is 0.902. The number of urea groups is 2. The first-order valence-electron chi connectivity index (χ1n) is 14.9. The van der Waals surface area contributed by atoms with Gasteiger partial charge < -0.3 is 36.5 Å². The first-order valence-corrected chi connectivity index (χ1v) is 17.9. The Balaban J connectivity index is 0.963. The SMILES string of the molecule is O=C(CCCC[C@@H]1SC[C@@H]2NC(=O)N[C@@H]21)NCCCCCC(=O)NCCNC(=O)NC1=CN(c2ccc(C(=O)O)cc2)I=NO1. The third-order valence-corrected chi connectivity index (χ3v) is 10.5. The number of aromatic carboxylic acids is 1. The van der Waals surface area contributed by atoms with Crippen molar-refractivity contribution in [2.24, 2.45) is 3.31 Å². The number of halogens is 1. The first kappa shape index (κ1) is 34.3. The molecule has 2 fully saturated rings.